The molecule has 1 heterocycles. The fraction of sp³-hybridized carbons (Fsp3) is 0.714. The van der Waals surface area contributed by atoms with Gasteiger partial charge in [0, 0.05) is 0 Å². The molecule has 0 spiro atoms. The zero-order valence-electron chi connectivity index (χ0n) is 5.48. The minimum atomic E-state index is 0.560. The summed E-state index contributed by atoms with van der Waals surface area (Å²) in [5.74, 6) is 0. The smallest absolute Gasteiger partial charge is 0.0844 e. The zero-order valence-corrected chi connectivity index (χ0v) is 5.48. The molecular formula is C7H12O. The van der Waals surface area contributed by atoms with Crippen LogP contribution in [0, 0.1) is 0 Å². The van der Waals surface area contributed by atoms with Crippen LogP contribution in [-0.4, -0.2) is 12.7 Å². The lowest BCUT2D eigenvalue weighted by molar-refractivity contribution is 0.410. The second kappa shape index (κ2) is 2.31. The number of rotatable bonds is 2. The van der Waals surface area contributed by atoms with E-state index in [1.54, 1.807) is 0 Å². The van der Waals surface area contributed by atoms with E-state index in [2.05, 4.69) is 19.9 Å². The van der Waals surface area contributed by atoms with Crippen molar-refractivity contribution in [1.29, 1.82) is 0 Å². The number of epoxide rings is 1. The summed E-state index contributed by atoms with van der Waals surface area (Å²) in [7, 11) is 0. The highest BCUT2D eigenvalue weighted by Crippen LogP contribution is 2.14. The van der Waals surface area contributed by atoms with Gasteiger partial charge in [-0.1, -0.05) is 11.6 Å². The molecule has 0 aromatic rings. The van der Waals surface area contributed by atoms with Crippen LogP contribution >= 0.6 is 0 Å². The molecule has 0 bridgehead atoms. The molecule has 0 aliphatic carbocycles. The van der Waals surface area contributed by atoms with Gasteiger partial charge in [0.05, 0.1) is 12.7 Å². The molecular weight excluding hydrogens is 100 g/mol. The molecule has 1 aliphatic rings. The summed E-state index contributed by atoms with van der Waals surface area (Å²) in [6.45, 7) is 5.20. The molecule has 0 radical (unpaired) electrons. The Morgan fingerprint density at radius 1 is 1.75 bits per heavy atom. The van der Waals surface area contributed by atoms with E-state index in [4.69, 9.17) is 4.74 Å². The number of ether oxygens (including phenoxy) is 1. The van der Waals surface area contributed by atoms with Crippen LogP contribution < -0.4 is 0 Å². The van der Waals surface area contributed by atoms with Crippen LogP contribution in [0.1, 0.15) is 20.3 Å². The van der Waals surface area contributed by atoms with Gasteiger partial charge in [-0.25, -0.2) is 0 Å². The van der Waals surface area contributed by atoms with Gasteiger partial charge in [-0.2, -0.15) is 0 Å². The minimum Gasteiger partial charge on any atom is -0.373 e. The van der Waals surface area contributed by atoms with Crippen LogP contribution in [0.15, 0.2) is 11.6 Å². The van der Waals surface area contributed by atoms with Crippen molar-refractivity contribution in [1.82, 2.24) is 0 Å². The third-order valence-electron chi connectivity index (χ3n) is 1.19. The first-order chi connectivity index (χ1) is 3.79. The highest BCUT2D eigenvalue weighted by molar-refractivity contribution is 4.96. The van der Waals surface area contributed by atoms with Gasteiger partial charge in [-0.3, -0.25) is 0 Å². The van der Waals surface area contributed by atoms with E-state index in [1.165, 1.54) is 5.57 Å². The summed E-state index contributed by atoms with van der Waals surface area (Å²) in [5, 5.41) is 0. The van der Waals surface area contributed by atoms with Crippen LogP contribution in [0.5, 0.6) is 0 Å². The standard InChI is InChI=1S/C7H12O/c1-6(2)3-4-7-5-8-7/h3,7H,4-5H2,1-2H3/t7-/m0/s1. The summed E-state index contributed by atoms with van der Waals surface area (Å²) in [4.78, 5) is 0. The first kappa shape index (κ1) is 5.83. The number of allylic oxidation sites excluding steroid dienone is 1. The van der Waals surface area contributed by atoms with Gasteiger partial charge in [-0.15, -0.1) is 0 Å². The average Bonchev–Trinajstić information content (AvgIpc) is 2.41. The molecule has 46 valence electrons. The van der Waals surface area contributed by atoms with Crippen molar-refractivity contribution in [2.45, 2.75) is 26.4 Å². The van der Waals surface area contributed by atoms with Crippen molar-refractivity contribution in [3.63, 3.8) is 0 Å². The fourth-order valence-electron chi connectivity index (χ4n) is 0.571. The summed E-state index contributed by atoms with van der Waals surface area (Å²) in [5.41, 5.74) is 1.39. The Balaban J connectivity index is 2.10. The normalized spacial score (nSPS) is 25.0. The Morgan fingerprint density at radius 3 is 2.75 bits per heavy atom. The van der Waals surface area contributed by atoms with Gasteiger partial charge in [0.15, 0.2) is 0 Å². The largest absolute Gasteiger partial charge is 0.373 e. The van der Waals surface area contributed by atoms with Crippen molar-refractivity contribution in [2.24, 2.45) is 0 Å². The summed E-state index contributed by atoms with van der Waals surface area (Å²) < 4.78 is 5.01. The van der Waals surface area contributed by atoms with Gasteiger partial charge in [-0.05, 0) is 20.3 Å². The summed E-state index contributed by atoms with van der Waals surface area (Å²) >= 11 is 0. The maximum absolute atomic E-state index is 5.01. The van der Waals surface area contributed by atoms with E-state index >= 15 is 0 Å². The van der Waals surface area contributed by atoms with Crippen LogP contribution in [0.4, 0.5) is 0 Å². The van der Waals surface area contributed by atoms with Crippen LogP contribution in [0.3, 0.4) is 0 Å². The number of hydrogen-bond donors (Lipinski definition) is 0. The third-order valence-corrected chi connectivity index (χ3v) is 1.19. The van der Waals surface area contributed by atoms with Crippen molar-refractivity contribution < 1.29 is 4.74 Å². The fourth-order valence-corrected chi connectivity index (χ4v) is 0.571. The van der Waals surface area contributed by atoms with E-state index in [0.717, 1.165) is 13.0 Å². The molecule has 0 aromatic heterocycles. The van der Waals surface area contributed by atoms with Gasteiger partial charge in [0.1, 0.15) is 0 Å². The quantitative estimate of drug-likeness (QED) is 0.391. The average molecular weight is 112 g/mol. The molecule has 1 nitrogen and oxygen atoms in total. The molecule has 1 heteroatoms. The van der Waals surface area contributed by atoms with Gasteiger partial charge in [0.2, 0.25) is 0 Å². The van der Waals surface area contributed by atoms with Gasteiger partial charge in [0.25, 0.3) is 0 Å². The Hall–Kier alpha value is -0.300. The Kier molecular flexibility index (Phi) is 1.69. The molecule has 1 saturated heterocycles. The molecule has 1 atom stereocenters. The molecule has 0 saturated carbocycles. The lowest BCUT2D eigenvalue weighted by atomic mass is 10.2. The second-order valence-corrected chi connectivity index (χ2v) is 2.47. The van der Waals surface area contributed by atoms with E-state index in [0.29, 0.717) is 6.10 Å². The molecule has 0 N–H and O–H groups in total. The Labute approximate surface area is 50.3 Å². The monoisotopic (exact) mass is 112 g/mol. The first-order valence-corrected chi connectivity index (χ1v) is 3.04. The lowest BCUT2D eigenvalue weighted by Crippen LogP contribution is -1.79. The van der Waals surface area contributed by atoms with E-state index < -0.39 is 0 Å². The maximum Gasteiger partial charge on any atom is 0.0844 e. The third kappa shape index (κ3) is 2.12. The predicted octanol–water partition coefficient (Wildman–Crippen LogP) is 1.74. The lowest BCUT2D eigenvalue weighted by Gasteiger charge is -1.85. The molecule has 1 rings (SSSR count). The van der Waals surface area contributed by atoms with Crippen molar-refractivity contribution in [3.8, 4) is 0 Å². The molecule has 0 amide bonds. The van der Waals surface area contributed by atoms with E-state index in [1.807, 2.05) is 0 Å². The number of hydrogen-bond acceptors (Lipinski definition) is 1. The van der Waals surface area contributed by atoms with Crippen molar-refractivity contribution >= 4 is 0 Å². The SMILES string of the molecule is CC(C)=CC[C@H]1CO1. The summed E-state index contributed by atoms with van der Waals surface area (Å²) in [6, 6.07) is 0. The van der Waals surface area contributed by atoms with Crippen LogP contribution in [0.2, 0.25) is 0 Å². The van der Waals surface area contributed by atoms with Gasteiger partial charge >= 0.3 is 0 Å². The molecule has 0 aromatic carbocycles. The summed E-state index contributed by atoms with van der Waals surface area (Å²) in [6.07, 6.45) is 3.89. The first-order valence-electron chi connectivity index (χ1n) is 3.04. The zero-order chi connectivity index (χ0) is 5.98. The van der Waals surface area contributed by atoms with E-state index in [9.17, 15) is 0 Å². The Morgan fingerprint density at radius 2 is 2.38 bits per heavy atom. The van der Waals surface area contributed by atoms with Crippen LogP contribution in [0.25, 0.3) is 0 Å². The predicted molar refractivity (Wildman–Crippen MR) is 33.8 cm³/mol. The highest BCUT2D eigenvalue weighted by atomic mass is 16.6. The molecule has 0 unspecified atom stereocenters. The minimum absolute atomic E-state index is 0.560. The van der Waals surface area contributed by atoms with Crippen molar-refractivity contribution in [2.75, 3.05) is 6.61 Å². The topological polar surface area (TPSA) is 12.5 Å². The van der Waals surface area contributed by atoms with Crippen LogP contribution in [-0.2, 0) is 4.74 Å². The second-order valence-electron chi connectivity index (χ2n) is 2.47. The van der Waals surface area contributed by atoms with Gasteiger partial charge < -0.3 is 4.74 Å². The Bertz CT molecular complexity index is 97.0. The molecule has 1 fully saturated rings. The molecule has 1 aliphatic heterocycles. The molecule has 8 heavy (non-hydrogen) atoms. The van der Waals surface area contributed by atoms with E-state index in [-0.39, 0.29) is 0 Å². The highest BCUT2D eigenvalue weighted by Gasteiger charge is 2.19. The maximum atomic E-state index is 5.01. The van der Waals surface area contributed by atoms with Crippen molar-refractivity contribution in [3.05, 3.63) is 11.6 Å².